The lowest BCUT2D eigenvalue weighted by molar-refractivity contribution is -0.138. The van der Waals surface area contributed by atoms with Gasteiger partial charge in [0.2, 0.25) is 0 Å². The summed E-state index contributed by atoms with van der Waals surface area (Å²) in [7, 11) is 1.56. The first kappa shape index (κ1) is 24.0. The molecule has 0 unspecified atom stereocenters. The molecule has 0 saturated heterocycles. The first-order valence-corrected chi connectivity index (χ1v) is 11.8. The standard InChI is InChI=1S/C24H25Cl2N5O3/c1-30(21(12-22(32)33)16-9-18(25)11-19(26)10-16)24(34)17-13-28-31(14-17)8-6-20-5-4-15-3-2-7-27-23(15)29-20/h4-5,9-11,13-14,21H,2-3,6-8,12H2,1H3,(H,27,29)(H,32,33)/t21-/m0/s1. The average molecular weight is 502 g/mol. The van der Waals surface area contributed by atoms with E-state index in [1.807, 2.05) is 6.07 Å². The smallest absolute Gasteiger partial charge is 0.305 e. The third kappa shape index (κ3) is 5.69. The number of rotatable bonds is 8. The number of hydrogen-bond donors (Lipinski definition) is 2. The van der Waals surface area contributed by atoms with Crippen molar-refractivity contribution < 1.29 is 14.7 Å². The molecule has 0 aliphatic carbocycles. The van der Waals surface area contributed by atoms with Gasteiger partial charge in [-0.15, -0.1) is 0 Å². The monoisotopic (exact) mass is 501 g/mol. The van der Waals surface area contributed by atoms with Crippen LogP contribution in [0, 0.1) is 0 Å². The number of halogens is 2. The van der Waals surface area contributed by atoms with Crippen LogP contribution >= 0.6 is 23.2 Å². The molecule has 0 bridgehead atoms. The molecule has 1 atom stereocenters. The summed E-state index contributed by atoms with van der Waals surface area (Å²) in [6, 6.07) is 8.20. The number of fused-ring (bicyclic) bond motifs is 1. The van der Waals surface area contributed by atoms with Gasteiger partial charge in [0.25, 0.3) is 5.91 Å². The van der Waals surface area contributed by atoms with E-state index in [9.17, 15) is 14.7 Å². The van der Waals surface area contributed by atoms with Crippen molar-refractivity contribution in [2.75, 3.05) is 18.9 Å². The summed E-state index contributed by atoms with van der Waals surface area (Å²) in [5.74, 6) is -0.430. The Morgan fingerprint density at radius 1 is 1.24 bits per heavy atom. The highest BCUT2D eigenvalue weighted by molar-refractivity contribution is 6.34. The Morgan fingerprint density at radius 3 is 2.74 bits per heavy atom. The summed E-state index contributed by atoms with van der Waals surface area (Å²) in [4.78, 5) is 30.7. The molecule has 0 saturated carbocycles. The van der Waals surface area contributed by atoms with Crippen LogP contribution in [0.15, 0.2) is 42.7 Å². The van der Waals surface area contributed by atoms with E-state index in [0.717, 1.165) is 30.9 Å². The molecular weight excluding hydrogens is 477 g/mol. The van der Waals surface area contributed by atoms with Gasteiger partial charge in [-0.3, -0.25) is 14.3 Å². The lowest BCUT2D eigenvalue weighted by atomic mass is 10.0. The summed E-state index contributed by atoms with van der Waals surface area (Å²) in [5, 5.41) is 17.8. The predicted molar refractivity (Wildman–Crippen MR) is 131 cm³/mol. The molecule has 1 aliphatic heterocycles. The van der Waals surface area contributed by atoms with E-state index in [1.54, 1.807) is 36.1 Å². The number of pyridine rings is 1. The van der Waals surface area contributed by atoms with Gasteiger partial charge in [-0.1, -0.05) is 29.3 Å². The van der Waals surface area contributed by atoms with E-state index in [1.165, 1.54) is 16.7 Å². The second-order valence-electron chi connectivity index (χ2n) is 8.32. The summed E-state index contributed by atoms with van der Waals surface area (Å²) < 4.78 is 1.69. The molecule has 1 amide bonds. The summed E-state index contributed by atoms with van der Waals surface area (Å²) in [6.45, 7) is 1.50. The van der Waals surface area contributed by atoms with Gasteiger partial charge < -0.3 is 15.3 Å². The summed E-state index contributed by atoms with van der Waals surface area (Å²) in [5.41, 5.74) is 3.11. The minimum absolute atomic E-state index is 0.287. The van der Waals surface area contributed by atoms with Crippen molar-refractivity contribution >= 4 is 40.9 Å². The van der Waals surface area contributed by atoms with Crippen LogP contribution in [0.4, 0.5) is 5.82 Å². The molecule has 1 aromatic carbocycles. The number of carbonyl (C=O) groups is 2. The quantitative estimate of drug-likeness (QED) is 0.472. The number of aliphatic carboxylic acids is 1. The van der Waals surface area contributed by atoms with Crippen molar-refractivity contribution in [3.63, 3.8) is 0 Å². The minimum Gasteiger partial charge on any atom is -0.481 e. The third-order valence-electron chi connectivity index (χ3n) is 5.85. The maximum Gasteiger partial charge on any atom is 0.305 e. The summed E-state index contributed by atoms with van der Waals surface area (Å²) in [6.07, 6.45) is 5.69. The summed E-state index contributed by atoms with van der Waals surface area (Å²) >= 11 is 12.2. The topological polar surface area (TPSA) is 100 Å². The van der Waals surface area contributed by atoms with Gasteiger partial charge in [-0.2, -0.15) is 5.10 Å². The molecule has 4 rings (SSSR count). The molecule has 1 aliphatic rings. The van der Waals surface area contributed by atoms with Gasteiger partial charge in [-0.25, -0.2) is 4.98 Å². The molecule has 178 valence electrons. The van der Waals surface area contributed by atoms with Crippen molar-refractivity contribution in [3.05, 3.63) is 75.2 Å². The fourth-order valence-electron chi connectivity index (χ4n) is 4.09. The Morgan fingerprint density at radius 2 is 2.00 bits per heavy atom. The van der Waals surface area contributed by atoms with E-state index < -0.39 is 12.0 Å². The van der Waals surface area contributed by atoms with E-state index in [4.69, 9.17) is 28.2 Å². The zero-order chi connectivity index (χ0) is 24.2. The van der Waals surface area contributed by atoms with Crippen LogP contribution in [0.25, 0.3) is 0 Å². The molecule has 2 aromatic heterocycles. The van der Waals surface area contributed by atoms with Crippen LogP contribution in [0.5, 0.6) is 0 Å². The molecule has 3 heterocycles. The predicted octanol–water partition coefficient (Wildman–Crippen LogP) is 4.47. The number of carboxylic acids is 1. The first-order valence-electron chi connectivity index (χ1n) is 11.0. The maximum atomic E-state index is 13.2. The number of aromatic nitrogens is 3. The lowest BCUT2D eigenvalue weighted by Gasteiger charge is -2.27. The number of nitrogens with zero attached hydrogens (tertiary/aromatic N) is 4. The van der Waals surface area contributed by atoms with Crippen LogP contribution in [-0.4, -0.2) is 50.2 Å². The number of nitrogens with one attached hydrogen (secondary N) is 1. The Hall–Kier alpha value is -3.10. The van der Waals surface area contributed by atoms with Crippen LogP contribution in [0.1, 0.15) is 46.1 Å². The molecule has 0 spiro atoms. The van der Waals surface area contributed by atoms with Crippen LogP contribution < -0.4 is 5.32 Å². The molecule has 0 radical (unpaired) electrons. The Kier molecular flexibility index (Phi) is 7.38. The maximum absolute atomic E-state index is 13.2. The normalized spacial score (nSPS) is 13.6. The molecule has 34 heavy (non-hydrogen) atoms. The number of anilines is 1. The average Bonchev–Trinajstić information content (AvgIpc) is 3.28. The Balaban J connectivity index is 1.46. The number of amides is 1. The first-order chi connectivity index (χ1) is 16.3. The van der Waals surface area contributed by atoms with Crippen molar-refractivity contribution in [1.29, 1.82) is 0 Å². The molecule has 2 N–H and O–H groups in total. The van der Waals surface area contributed by atoms with E-state index >= 15 is 0 Å². The van der Waals surface area contributed by atoms with Gasteiger partial charge >= 0.3 is 5.97 Å². The van der Waals surface area contributed by atoms with Crippen molar-refractivity contribution in [2.24, 2.45) is 0 Å². The fraction of sp³-hybridized carbons (Fsp3) is 0.333. The molecule has 10 heteroatoms. The second-order valence-corrected chi connectivity index (χ2v) is 9.19. The number of aryl methyl sites for hydroxylation is 3. The second kappa shape index (κ2) is 10.4. The number of hydrogen-bond acceptors (Lipinski definition) is 5. The van der Waals surface area contributed by atoms with Crippen LogP contribution in [-0.2, 0) is 24.2 Å². The van der Waals surface area contributed by atoms with Gasteiger partial charge in [0.05, 0.1) is 24.2 Å². The van der Waals surface area contributed by atoms with Crippen molar-refractivity contribution in [2.45, 2.75) is 38.3 Å². The lowest BCUT2D eigenvalue weighted by Crippen LogP contribution is -2.32. The van der Waals surface area contributed by atoms with Crippen molar-refractivity contribution in [3.8, 4) is 0 Å². The highest BCUT2D eigenvalue weighted by Crippen LogP contribution is 2.30. The largest absolute Gasteiger partial charge is 0.481 e. The van der Waals surface area contributed by atoms with Crippen molar-refractivity contribution in [1.82, 2.24) is 19.7 Å². The SMILES string of the molecule is CN(C(=O)c1cnn(CCc2ccc3c(n2)NCCC3)c1)[C@@H](CC(=O)O)c1cc(Cl)cc(Cl)c1. The minimum atomic E-state index is -1.04. The highest BCUT2D eigenvalue weighted by Gasteiger charge is 2.26. The van der Waals surface area contributed by atoms with Crippen LogP contribution in [0.3, 0.4) is 0 Å². The van der Waals surface area contributed by atoms with E-state index in [0.29, 0.717) is 34.1 Å². The molecule has 3 aromatic rings. The van der Waals surface area contributed by atoms with E-state index in [-0.39, 0.29) is 12.3 Å². The highest BCUT2D eigenvalue weighted by atomic mass is 35.5. The molecule has 8 nitrogen and oxygen atoms in total. The van der Waals surface area contributed by atoms with Gasteiger partial charge in [-0.05, 0) is 48.2 Å². The van der Waals surface area contributed by atoms with Gasteiger partial charge in [0.15, 0.2) is 0 Å². The Labute approximate surface area is 207 Å². The Bertz CT molecular complexity index is 1190. The van der Waals surface area contributed by atoms with E-state index in [2.05, 4.69) is 16.5 Å². The molecular formula is C24H25Cl2N5O3. The zero-order valence-electron chi connectivity index (χ0n) is 18.7. The van der Waals surface area contributed by atoms with Gasteiger partial charge in [0.1, 0.15) is 5.82 Å². The third-order valence-corrected chi connectivity index (χ3v) is 6.29. The van der Waals surface area contributed by atoms with Gasteiger partial charge in [0, 0.05) is 48.5 Å². The number of carbonyl (C=O) groups excluding carboxylic acids is 1. The number of carboxylic acid groups (broad SMARTS) is 1. The number of benzene rings is 1. The molecule has 0 fully saturated rings. The zero-order valence-corrected chi connectivity index (χ0v) is 20.2. The fourth-order valence-corrected chi connectivity index (χ4v) is 4.63. The van der Waals surface area contributed by atoms with Crippen LogP contribution in [0.2, 0.25) is 10.0 Å².